The highest BCUT2D eigenvalue weighted by Crippen LogP contribution is 2.24. The second kappa shape index (κ2) is 5.32. The molecular weight excluding hydrogens is 297 g/mol. The molecule has 5 nitrogen and oxygen atoms in total. The predicted molar refractivity (Wildman–Crippen MR) is 63.9 cm³/mol. The molecule has 0 saturated carbocycles. The van der Waals surface area contributed by atoms with E-state index in [1.807, 2.05) is 0 Å². The van der Waals surface area contributed by atoms with Gasteiger partial charge in [-0.15, -0.1) is 0 Å². The number of aliphatic hydroxyl groups is 1. The van der Waals surface area contributed by atoms with Gasteiger partial charge in [-0.3, -0.25) is 0 Å². The Labute approximate surface area is 114 Å². The van der Waals surface area contributed by atoms with E-state index in [4.69, 9.17) is 0 Å². The second-order valence-corrected chi connectivity index (χ2v) is 6.45. The summed E-state index contributed by atoms with van der Waals surface area (Å²) in [4.78, 5) is -0.960. The lowest BCUT2D eigenvalue weighted by molar-refractivity contribution is 0.136. The molecule has 2 atom stereocenters. The number of rotatable bonds is 3. The number of sulfonamides is 1. The third-order valence-corrected chi connectivity index (χ3v) is 5.18. The van der Waals surface area contributed by atoms with E-state index in [0.29, 0.717) is 12.1 Å². The molecule has 1 heterocycles. The van der Waals surface area contributed by atoms with Crippen LogP contribution in [0, 0.1) is 17.5 Å². The predicted octanol–water partition coefficient (Wildman–Crippen LogP) is 0.0571. The van der Waals surface area contributed by atoms with Gasteiger partial charge in [-0.2, -0.15) is 4.31 Å². The van der Waals surface area contributed by atoms with Crippen LogP contribution in [0.15, 0.2) is 17.0 Å². The van der Waals surface area contributed by atoms with Gasteiger partial charge in [0.1, 0.15) is 4.90 Å². The standard InChI is InChI=1S/C11H13F3N2O3S/c1-16(7-4-15-5-8(7)17)20(18,19)9-3-2-6(12)10(13)11(9)14/h2-3,7-8,15,17H,4-5H2,1H3/t7-,8-/m1/s1. The van der Waals surface area contributed by atoms with Crippen molar-refractivity contribution in [3.63, 3.8) is 0 Å². The zero-order valence-electron chi connectivity index (χ0n) is 10.5. The second-order valence-electron chi connectivity index (χ2n) is 4.49. The number of aliphatic hydroxyl groups excluding tert-OH is 1. The molecule has 0 radical (unpaired) electrons. The summed E-state index contributed by atoms with van der Waals surface area (Å²) in [6, 6.07) is 0.407. The minimum Gasteiger partial charge on any atom is -0.390 e. The maximum atomic E-state index is 13.6. The maximum absolute atomic E-state index is 13.6. The van der Waals surface area contributed by atoms with E-state index in [2.05, 4.69) is 5.32 Å². The summed E-state index contributed by atoms with van der Waals surface area (Å²) in [5.41, 5.74) is 0. The van der Waals surface area contributed by atoms with Crippen molar-refractivity contribution in [3.8, 4) is 0 Å². The summed E-state index contributed by atoms with van der Waals surface area (Å²) in [6.07, 6.45) is -0.955. The van der Waals surface area contributed by atoms with Crippen LogP contribution in [-0.4, -0.2) is 50.1 Å². The first-order valence-corrected chi connectivity index (χ1v) is 7.21. The van der Waals surface area contributed by atoms with Crippen molar-refractivity contribution in [3.05, 3.63) is 29.6 Å². The Bertz CT molecular complexity index is 624. The van der Waals surface area contributed by atoms with Crippen LogP contribution in [0.4, 0.5) is 13.2 Å². The molecule has 0 unspecified atom stereocenters. The summed E-state index contributed by atoms with van der Waals surface area (Å²) >= 11 is 0. The summed E-state index contributed by atoms with van der Waals surface area (Å²) in [5.74, 6) is -5.08. The van der Waals surface area contributed by atoms with Gasteiger partial charge in [0, 0.05) is 20.1 Å². The normalized spacial score (nSPS) is 23.5. The van der Waals surface area contributed by atoms with Gasteiger partial charge in [0.2, 0.25) is 10.0 Å². The largest absolute Gasteiger partial charge is 0.390 e. The van der Waals surface area contributed by atoms with Crippen LogP contribution in [0.1, 0.15) is 0 Å². The highest BCUT2D eigenvalue weighted by atomic mass is 32.2. The van der Waals surface area contributed by atoms with E-state index in [-0.39, 0.29) is 13.1 Å². The molecule has 1 aliphatic heterocycles. The molecule has 1 aliphatic rings. The molecule has 20 heavy (non-hydrogen) atoms. The van der Waals surface area contributed by atoms with E-state index >= 15 is 0 Å². The molecule has 0 amide bonds. The molecule has 0 spiro atoms. The smallest absolute Gasteiger partial charge is 0.246 e. The Morgan fingerprint density at radius 2 is 1.90 bits per heavy atom. The van der Waals surface area contributed by atoms with Crippen LogP contribution in [0.25, 0.3) is 0 Å². The average Bonchev–Trinajstić information content (AvgIpc) is 2.81. The lowest BCUT2D eigenvalue weighted by Gasteiger charge is -2.25. The van der Waals surface area contributed by atoms with Crippen LogP contribution in [-0.2, 0) is 10.0 Å². The fraction of sp³-hybridized carbons (Fsp3) is 0.455. The van der Waals surface area contributed by atoms with Gasteiger partial charge in [-0.05, 0) is 12.1 Å². The van der Waals surface area contributed by atoms with Gasteiger partial charge in [0.05, 0.1) is 12.1 Å². The number of β-amino-alcohol motifs (C(OH)–C–C–N with tert-alkyl or cyclic N) is 1. The Balaban J connectivity index is 2.43. The molecule has 1 fully saturated rings. The monoisotopic (exact) mass is 310 g/mol. The molecule has 0 bridgehead atoms. The van der Waals surface area contributed by atoms with E-state index in [1.54, 1.807) is 0 Å². The van der Waals surface area contributed by atoms with Crippen LogP contribution in [0.3, 0.4) is 0 Å². The van der Waals surface area contributed by atoms with Gasteiger partial charge in [-0.25, -0.2) is 21.6 Å². The summed E-state index contributed by atoms with van der Waals surface area (Å²) < 4.78 is 64.8. The third-order valence-electron chi connectivity index (χ3n) is 3.27. The number of nitrogens with zero attached hydrogens (tertiary/aromatic N) is 1. The number of halogens is 3. The summed E-state index contributed by atoms with van der Waals surface area (Å²) in [5, 5.41) is 12.4. The Morgan fingerprint density at radius 1 is 1.25 bits per heavy atom. The zero-order chi connectivity index (χ0) is 15.1. The van der Waals surface area contributed by atoms with Crippen molar-refractivity contribution >= 4 is 10.0 Å². The minimum atomic E-state index is -4.37. The van der Waals surface area contributed by atoms with Crippen molar-refractivity contribution in [2.75, 3.05) is 20.1 Å². The molecule has 0 aromatic heterocycles. The van der Waals surface area contributed by atoms with Crippen LogP contribution in [0.5, 0.6) is 0 Å². The minimum absolute atomic E-state index is 0.183. The number of nitrogens with one attached hydrogen (secondary N) is 1. The topological polar surface area (TPSA) is 69.6 Å². The Morgan fingerprint density at radius 3 is 2.45 bits per heavy atom. The highest BCUT2D eigenvalue weighted by Gasteiger charge is 2.37. The first-order valence-electron chi connectivity index (χ1n) is 5.77. The van der Waals surface area contributed by atoms with Gasteiger partial charge in [0.25, 0.3) is 0 Å². The van der Waals surface area contributed by atoms with E-state index in [9.17, 15) is 26.7 Å². The first-order chi connectivity index (χ1) is 9.26. The maximum Gasteiger partial charge on any atom is 0.246 e. The van der Waals surface area contributed by atoms with E-state index in [1.165, 1.54) is 0 Å². The lowest BCUT2D eigenvalue weighted by Crippen LogP contribution is -2.44. The molecule has 1 saturated heterocycles. The lowest BCUT2D eigenvalue weighted by atomic mass is 10.2. The van der Waals surface area contributed by atoms with Crippen LogP contribution in [0.2, 0.25) is 0 Å². The fourth-order valence-corrected chi connectivity index (χ4v) is 3.50. The van der Waals surface area contributed by atoms with Gasteiger partial charge >= 0.3 is 0 Å². The van der Waals surface area contributed by atoms with Crippen molar-refractivity contribution in [1.82, 2.24) is 9.62 Å². The number of hydrogen-bond donors (Lipinski definition) is 2. The molecule has 2 N–H and O–H groups in total. The molecule has 1 aromatic carbocycles. The van der Waals surface area contributed by atoms with E-state index < -0.39 is 44.5 Å². The molecular formula is C11H13F3N2O3S. The summed E-state index contributed by atoms with van der Waals surface area (Å²) in [6.45, 7) is 0.382. The SMILES string of the molecule is CN([C@@H]1CNC[C@H]1O)S(=O)(=O)c1ccc(F)c(F)c1F. The van der Waals surface area contributed by atoms with Crippen molar-refractivity contribution in [2.24, 2.45) is 0 Å². The van der Waals surface area contributed by atoms with Gasteiger partial charge in [0.15, 0.2) is 17.5 Å². The molecule has 2 rings (SSSR count). The summed E-state index contributed by atoms with van der Waals surface area (Å²) in [7, 11) is -3.22. The first kappa shape index (κ1) is 15.2. The van der Waals surface area contributed by atoms with Crippen LogP contribution < -0.4 is 5.32 Å². The van der Waals surface area contributed by atoms with Crippen molar-refractivity contribution in [2.45, 2.75) is 17.0 Å². The average molecular weight is 310 g/mol. The van der Waals surface area contributed by atoms with Gasteiger partial charge < -0.3 is 10.4 Å². The zero-order valence-corrected chi connectivity index (χ0v) is 11.3. The number of hydrogen-bond acceptors (Lipinski definition) is 4. The number of benzene rings is 1. The quantitative estimate of drug-likeness (QED) is 0.775. The molecule has 0 aliphatic carbocycles. The van der Waals surface area contributed by atoms with Gasteiger partial charge in [-0.1, -0.05) is 0 Å². The molecule has 112 valence electrons. The van der Waals surface area contributed by atoms with Crippen molar-refractivity contribution < 1.29 is 26.7 Å². The fourth-order valence-electron chi connectivity index (χ4n) is 2.06. The number of likely N-dealkylation sites (N-methyl/N-ethyl adjacent to an activating group) is 1. The third kappa shape index (κ3) is 2.41. The molecule has 9 heteroatoms. The Kier molecular flexibility index (Phi) is 4.05. The van der Waals surface area contributed by atoms with Crippen molar-refractivity contribution in [1.29, 1.82) is 0 Å². The van der Waals surface area contributed by atoms with E-state index in [0.717, 1.165) is 11.4 Å². The molecule has 1 aromatic rings. The van der Waals surface area contributed by atoms with Crippen LogP contribution >= 0.6 is 0 Å². The highest BCUT2D eigenvalue weighted by molar-refractivity contribution is 7.89. The Hall–Kier alpha value is -1.16.